The standard InChI is InChI=1S/C29H37N7O2/c1-28(2,3)38-27(37)34-25-19-14-18(19)15-29(25)8-12-35(13-9-29)23-17-31-24-21(33-23)16-32-26(24)36-11-5-6-20-22(36)7-4-10-30-20/h4,7,10,17-19,25H,5-6,8-9,11-16H2,1-3H3,(H,34,37)/t18-,19-,25+/m0/s1. The molecule has 3 atom stereocenters. The van der Waals surface area contributed by atoms with Crippen LogP contribution in [0.15, 0.2) is 29.5 Å². The van der Waals surface area contributed by atoms with Crippen molar-refractivity contribution in [1.82, 2.24) is 20.3 Å². The van der Waals surface area contributed by atoms with Crippen LogP contribution in [0.25, 0.3) is 0 Å². The Labute approximate surface area is 224 Å². The second kappa shape index (κ2) is 8.64. The molecule has 1 amide bonds. The summed E-state index contributed by atoms with van der Waals surface area (Å²) >= 11 is 0. The number of rotatable bonds is 2. The van der Waals surface area contributed by atoms with Crippen molar-refractivity contribution >= 4 is 23.4 Å². The molecule has 38 heavy (non-hydrogen) atoms. The minimum Gasteiger partial charge on any atom is -0.444 e. The molecular weight excluding hydrogens is 478 g/mol. The molecule has 0 bridgehead atoms. The van der Waals surface area contributed by atoms with Crippen LogP contribution in [0.4, 0.5) is 16.3 Å². The van der Waals surface area contributed by atoms with Gasteiger partial charge in [0.05, 0.1) is 29.8 Å². The van der Waals surface area contributed by atoms with E-state index in [2.05, 4.69) is 26.2 Å². The van der Waals surface area contributed by atoms with Crippen molar-refractivity contribution in [3.63, 3.8) is 0 Å². The molecule has 9 heteroatoms. The second-order valence-corrected chi connectivity index (χ2v) is 12.7. The Balaban J connectivity index is 1.04. The van der Waals surface area contributed by atoms with E-state index in [1.165, 1.54) is 12.8 Å². The fourth-order valence-electron chi connectivity index (χ4n) is 7.33. The Kier molecular flexibility index (Phi) is 5.43. The van der Waals surface area contributed by atoms with Gasteiger partial charge in [0.2, 0.25) is 0 Å². The molecule has 3 fully saturated rings. The van der Waals surface area contributed by atoms with Gasteiger partial charge in [0.25, 0.3) is 0 Å². The molecule has 3 aliphatic heterocycles. The average Bonchev–Trinajstić information content (AvgIpc) is 3.41. The lowest BCUT2D eigenvalue weighted by Crippen LogP contribution is -2.53. The van der Waals surface area contributed by atoms with Gasteiger partial charge in [-0.2, -0.15) is 0 Å². The van der Waals surface area contributed by atoms with Crippen molar-refractivity contribution in [3.05, 3.63) is 41.6 Å². The summed E-state index contributed by atoms with van der Waals surface area (Å²) in [7, 11) is 0. The Hall–Kier alpha value is -3.23. The van der Waals surface area contributed by atoms with Crippen molar-refractivity contribution in [1.29, 1.82) is 0 Å². The summed E-state index contributed by atoms with van der Waals surface area (Å²) in [5.41, 5.74) is 3.81. The first kappa shape index (κ1) is 23.9. The first-order valence-electron chi connectivity index (χ1n) is 14.2. The maximum atomic E-state index is 12.6. The predicted octanol–water partition coefficient (Wildman–Crippen LogP) is 4.10. The molecule has 1 N–H and O–H groups in total. The van der Waals surface area contributed by atoms with Gasteiger partial charge in [0.15, 0.2) is 5.84 Å². The zero-order valence-corrected chi connectivity index (χ0v) is 22.6. The van der Waals surface area contributed by atoms with Gasteiger partial charge in [-0.05, 0) is 88.7 Å². The third-order valence-electron chi connectivity index (χ3n) is 9.12. The van der Waals surface area contributed by atoms with E-state index in [4.69, 9.17) is 19.7 Å². The first-order valence-corrected chi connectivity index (χ1v) is 14.2. The summed E-state index contributed by atoms with van der Waals surface area (Å²) in [6, 6.07) is 4.34. The Bertz CT molecular complexity index is 1290. The minimum atomic E-state index is -0.480. The second-order valence-electron chi connectivity index (χ2n) is 12.7. The normalized spacial score (nSPS) is 26.9. The number of fused-ring (bicyclic) bond motifs is 3. The maximum absolute atomic E-state index is 12.6. The number of nitrogens with zero attached hydrogens (tertiary/aromatic N) is 6. The number of anilines is 2. The van der Waals surface area contributed by atoms with Gasteiger partial charge in [0, 0.05) is 31.9 Å². The molecule has 9 nitrogen and oxygen atoms in total. The van der Waals surface area contributed by atoms with E-state index in [9.17, 15) is 4.79 Å². The van der Waals surface area contributed by atoms with Crippen LogP contribution in [0.5, 0.6) is 0 Å². The lowest BCUT2D eigenvalue weighted by Gasteiger charge is -2.45. The van der Waals surface area contributed by atoms with Crippen molar-refractivity contribution < 1.29 is 9.53 Å². The van der Waals surface area contributed by atoms with Crippen molar-refractivity contribution in [3.8, 4) is 0 Å². The Morgan fingerprint density at radius 2 is 2.00 bits per heavy atom. The quantitative estimate of drug-likeness (QED) is 0.643. The topological polar surface area (TPSA) is 95.8 Å². The molecule has 0 aromatic carbocycles. The van der Waals surface area contributed by atoms with Gasteiger partial charge >= 0.3 is 6.09 Å². The molecule has 7 rings (SSSR count). The number of hydrogen-bond acceptors (Lipinski definition) is 8. The van der Waals surface area contributed by atoms with Crippen LogP contribution >= 0.6 is 0 Å². The summed E-state index contributed by atoms with van der Waals surface area (Å²) in [6.07, 6.45) is 10.1. The molecule has 0 unspecified atom stereocenters. The van der Waals surface area contributed by atoms with E-state index >= 15 is 0 Å². The van der Waals surface area contributed by atoms with E-state index in [0.29, 0.717) is 12.5 Å². The Morgan fingerprint density at radius 3 is 2.82 bits per heavy atom. The lowest BCUT2D eigenvalue weighted by atomic mass is 9.71. The van der Waals surface area contributed by atoms with Crippen molar-refractivity contribution in [2.24, 2.45) is 22.2 Å². The van der Waals surface area contributed by atoms with E-state index < -0.39 is 5.60 Å². The van der Waals surface area contributed by atoms with Gasteiger partial charge in [-0.3, -0.25) is 9.98 Å². The fraction of sp³-hybridized carbons (Fsp3) is 0.621. The highest BCUT2D eigenvalue weighted by Crippen LogP contribution is 2.63. The molecule has 0 radical (unpaired) electrons. The summed E-state index contributed by atoms with van der Waals surface area (Å²) in [6.45, 7) is 9.11. The molecule has 1 spiro atoms. The molecule has 5 aliphatic rings. The van der Waals surface area contributed by atoms with Crippen molar-refractivity contribution in [2.75, 3.05) is 29.4 Å². The van der Waals surface area contributed by atoms with Gasteiger partial charge in [0.1, 0.15) is 17.1 Å². The molecule has 1 saturated heterocycles. The van der Waals surface area contributed by atoms with Gasteiger partial charge in [-0.25, -0.2) is 14.8 Å². The van der Waals surface area contributed by atoms with Gasteiger partial charge in [-0.15, -0.1) is 0 Å². The lowest BCUT2D eigenvalue weighted by molar-refractivity contribution is 0.0417. The van der Waals surface area contributed by atoms with Crippen LogP contribution in [-0.2, 0) is 17.7 Å². The highest BCUT2D eigenvalue weighted by Gasteiger charge is 2.62. The van der Waals surface area contributed by atoms with Crippen LogP contribution in [0.1, 0.15) is 70.0 Å². The predicted molar refractivity (Wildman–Crippen MR) is 145 cm³/mol. The molecule has 200 valence electrons. The number of amidine groups is 1. The third kappa shape index (κ3) is 4.10. The zero-order chi connectivity index (χ0) is 26.1. The highest BCUT2D eigenvalue weighted by molar-refractivity contribution is 6.11. The van der Waals surface area contributed by atoms with E-state index in [1.807, 2.05) is 39.2 Å². The van der Waals surface area contributed by atoms with Gasteiger partial charge < -0.3 is 19.9 Å². The number of nitrogens with one attached hydrogen (secondary N) is 1. The minimum absolute atomic E-state index is 0.164. The summed E-state index contributed by atoms with van der Waals surface area (Å²) in [5.74, 6) is 3.23. The smallest absolute Gasteiger partial charge is 0.407 e. The van der Waals surface area contributed by atoms with E-state index in [-0.39, 0.29) is 17.6 Å². The molecule has 2 saturated carbocycles. The summed E-state index contributed by atoms with van der Waals surface area (Å²) in [5, 5.41) is 3.29. The monoisotopic (exact) mass is 515 g/mol. The SMILES string of the molecule is CC(C)(C)OC(=O)N[C@@H]1[C@H]2C[C@H]2CC12CCN(c1cnc3c(n1)CN=C3N1CCCc3ncccc31)CC2. The number of aryl methyl sites for hydroxylation is 1. The van der Waals surface area contributed by atoms with Crippen LogP contribution in [0.3, 0.4) is 0 Å². The molecule has 2 aromatic heterocycles. The maximum Gasteiger partial charge on any atom is 0.407 e. The van der Waals surface area contributed by atoms with Crippen LogP contribution in [0.2, 0.25) is 0 Å². The van der Waals surface area contributed by atoms with Crippen LogP contribution in [0, 0.1) is 17.3 Å². The highest BCUT2D eigenvalue weighted by atomic mass is 16.6. The third-order valence-corrected chi connectivity index (χ3v) is 9.12. The molecule has 2 aliphatic carbocycles. The number of amides is 1. The van der Waals surface area contributed by atoms with E-state index in [1.54, 1.807) is 0 Å². The number of carbonyl (C=O) groups is 1. The number of aliphatic imine (C=N–C) groups is 1. The van der Waals surface area contributed by atoms with E-state index in [0.717, 1.165) is 85.7 Å². The van der Waals surface area contributed by atoms with Gasteiger partial charge in [-0.1, -0.05) is 0 Å². The van der Waals surface area contributed by atoms with Crippen LogP contribution in [-0.4, -0.2) is 58.2 Å². The summed E-state index contributed by atoms with van der Waals surface area (Å²) < 4.78 is 5.61. The largest absolute Gasteiger partial charge is 0.444 e. The molecular formula is C29H37N7O2. The number of aromatic nitrogens is 3. The number of ether oxygens (including phenoxy) is 1. The fourth-order valence-corrected chi connectivity index (χ4v) is 7.33. The summed E-state index contributed by atoms with van der Waals surface area (Å²) in [4.78, 5) is 36.6. The average molecular weight is 516 g/mol. The first-order chi connectivity index (χ1) is 18.3. The van der Waals surface area contributed by atoms with Crippen LogP contribution < -0.4 is 15.1 Å². The number of piperidine rings is 1. The number of carbonyl (C=O) groups excluding carboxylic acids is 1. The number of alkyl carbamates (subject to hydrolysis) is 1. The molecule has 2 aromatic rings. The number of pyridine rings is 1. The zero-order valence-electron chi connectivity index (χ0n) is 22.6. The van der Waals surface area contributed by atoms with Crippen molar-refractivity contribution in [2.45, 2.75) is 77.5 Å². The Morgan fingerprint density at radius 1 is 1.16 bits per heavy atom. The molecule has 5 heterocycles. The number of hydrogen-bond donors (Lipinski definition) is 1.